The Morgan fingerprint density at radius 3 is 1.92 bits per heavy atom. The van der Waals surface area contributed by atoms with Gasteiger partial charge in [-0.25, -0.2) is 4.79 Å². The predicted octanol–water partition coefficient (Wildman–Crippen LogP) is 1.21. The van der Waals surface area contributed by atoms with Gasteiger partial charge >= 0.3 is 5.97 Å². The van der Waals surface area contributed by atoms with Crippen molar-refractivity contribution in [2.75, 3.05) is 12.0 Å². The number of amides is 2. The van der Waals surface area contributed by atoms with Crippen LogP contribution in [-0.4, -0.2) is 53.0 Å². The van der Waals surface area contributed by atoms with Crippen LogP contribution in [0.15, 0.2) is 0 Å². The van der Waals surface area contributed by atoms with Crippen molar-refractivity contribution in [3.63, 3.8) is 0 Å². The third-order valence-electron chi connectivity index (χ3n) is 4.54. The number of rotatable bonds is 12. The average Bonchev–Trinajstić information content (AvgIpc) is 2.59. The van der Waals surface area contributed by atoms with E-state index in [0.29, 0.717) is 19.3 Å². The number of carboxylic acids is 1. The smallest absolute Gasteiger partial charge is 0.326 e. The number of thioether (sulfide) groups is 1. The zero-order valence-corrected chi connectivity index (χ0v) is 16.7. The Labute approximate surface area is 154 Å². The molecule has 146 valence electrons. The number of carbonyl (C=O) groups excluding carboxylic acids is 2. The van der Waals surface area contributed by atoms with E-state index in [1.165, 1.54) is 0 Å². The maximum absolute atomic E-state index is 12.6. The minimum absolute atomic E-state index is 0.136. The summed E-state index contributed by atoms with van der Waals surface area (Å²) in [5, 5.41) is 14.6. The third-order valence-corrected chi connectivity index (χ3v) is 5.18. The molecule has 7 nitrogen and oxygen atoms in total. The number of nitrogens with two attached hydrogens (primary N) is 1. The first-order valence-corrected chi connectivity index (χ1v) is 10.2. The van der Waals surface area contributed by atoms with Gasteiger partial charge in [0.2, 0.25) is 11.8 Å². The van der Waals surface area contributed by atoms with Crippen LogP contribution < -0.4 is 16.4 Å². The van der Waals surface area contributed by atoms with Gasteiger partial charge in [0.1, 0.15) is 12.1 Å². The van der Waals surface area contributed by atoms with E-state index < -0.39 is 30.0 Å². The fourth-order valence-corrected chi connectivity index (χ4v) is 2.75. The summed E-state index contributed by atoms with van der Waals surface area (Å²) in [5.74, 6) is -1.53. The normalized spacial score (nSPS) is 17.0. The van der Waals surface area contributed by atoms with Gasteiger partial charge in [0.25, 0.3) is 0 Å². The Morgan fingerprint density at radius 2 is 1.48 bits per heavy atom. The molecule has 0 saturated carbocycles. The third kappa shape index (κ3) is 8.09. The van der Waals surface area contributed by atoms with E-state index in [1.54, 1.807) is 18.7 Å². The molecule has 0 rings (SSSR count). The van der Waals surface area contributed by atoms with Crippen molar-refractivity contribution in [2.24, 2.45) is 17.6 Å². The van der Waals surface area contributed by atoms with Crippen molar-refractivity contribution >= 4 is 29.5 Å². The molecule has 0 aliphatic heterocycles. The van der Waals surface area contributed by atoms with E-state index in [1.807, 2.05) is 27.0 Å². The van der Waals surface area contributed by atoms with Gasteiger partial charge in [-0.15, -0.1) is 0 Å². The fraction of sp³-hybridized carbons (Fsp3) is 0.824. The number of aliphatic carboxylic acids is 1. The van der Waals surface area contributed by atoms with Gasteiger partial charge < -0.3 is 21.5 Å². The van der Waals surface area contributed by atoms with Gasteiger partial charge in [-0.2, -0.15) is 11.8 Å². The lowest BCUT2D eigenvalue weighted by Gasteiger charge is -2.28. The summed E-state index contributed by atoms with van der Waals surface area (Å²) in [6.07, 6.45) is 3.74. The monoisotopic (exact) mass is 375 g/mol. The molecule has 0 bridgehead atoms. The zero-order chi connectivity index (χ0) is 19.6. The van der Waals surface area contributed by atoms with Crippen LogP contribution in [0.5, 0.6) is 0 Å². The lowest BCUT2D eigenvalue weighted by molar-refractivity contribution is -0.144. The van der Waals surface area contributed by atoms with Gasteiger partial charge in [-0.3, -0.25) is 9.59 Å². The number of hydrogen-bond acceptors (Lipinski definition) is 5. The summed E-state index contributed by atoms with van der Waals surface area (Å²) >= 11 is 1.60. The SMILES string of the molecule is CC[C@H](C)[C@H](NC(=O)[C@@H](NC(=O)[C@@H](N)CCSC)[C@@H](C)CC)C(=O)O. The summed E-state index contributed by atoms with van der Waals surface area (Å²) in [6, 6.07) is -2.47. The minimum atomic E-state index is -1.08. The highest BCUT2D eigenvalue weighted by Gasteiger charge is 2.32. The molecule has 2 amide bonds. The lowest BCUT2D eigenvalue weighted by atomic mass is 9.95. The summed E-state index contributed by atoms with van der Waals surface area (Å²) < 4.78 is 0. The van der Waals surface area contributed by atoms with Crippen molar-refractivity contribution in [3.8, 4) is 0 Å². The number of carbonyl (C=O) groups is 3. The van der Waals surface area contributed by atoms with Gasteiger partial charge in [-0.05, 0) is 30.3 Å². The summed E-state index contributed by atoms with van der Waals surface area (Å²) in [7, 11) is 0. The molecule has 0 spiro atoms. The molecule has 0 unspecified atom stereocenters. The molecule has 0 aliphatic rings. The number of carboxylic acid groups (broad SMARTS) is 1. The van der Waals surface area contributed by atoms with E-state index in [2.05, 4.69) is 10.6 Å². The zero-order valence-electron chi connectivity index (χ0n) is 15.9. The van der Waals surface area contributed by atoms with Gasteiger partial charge in [0.05, 0.1) is 6.04 Å². The molecule has 0 heterocycles. The number of nitrogens with one attached hydrogen (secondary N) is 2. The maximum Gasteiger partial charge on any atom is 0.326 e. The Balaban J connectivity index is 5.09. The average molecular weight is 376 g/mol. The van der Waals surface area contributed by atoms with E-state index in [-0.39, 0.29) is 17.7 Å². The highest BCUT2D eigenvalue weighted by atomic mass is 32.2. The van der Waals surface area contributed by atoms with Crippen molar-refractivity contribution in [2.45, 2.75) is 65.1 Å². The maximum atomic E-state index is 12.6. The summed E-state index contributed by atoms with van der Waals surface area (Å²) in [6.45, 7) is 7.39. The first kappa shape index (κ1) is 23.7. The van der Waals surface area contributed by atoms with E-state index >= 15 is 0 Å². The van der Waals surface area contributed by atoms with Gasteiger partial charge in [0.15, 0.2) is 0 Å². The van der Waals surface area contributed by atoms with Gasteiger partial charge in [0, 0.05) is 0 Å². The van der Waals surface area contributed by atoms with Crippen molar-refractivity contribution in [3.05, 3.63) is 0 Å². The standard InChI is InChI=1S/C17H33N3O4S/c1-6-10(3)13(19-15(21)12(18)8-9-25-5)16(22)20-14(17(23)24)11(4)7-2/h10-14H,6-9,18H2,1-5H3,(H,19,21)(H,20,22)(H,23,24)/t10-,11-,12-,13-,14-/m0/s1. The first-order chi connectivity index (χ1) is 11.7. The molecule has 0 fully saturated rings. The van der Waals surface area contributed by atoms with E-state index in [0.717, 1.165) is 5.75 Å². The highest BCUT2D eigenvalue weighted by Crippen LogP contribution is 2.12. The summed E-state index contributed by atoms with van der Waals surface area (Å²) in [5.41, 5.74) is 5.86. The molecule has 5 N–H and O–H groups in total. The quantitative estimate of drug-likeness (QED) is 0.407. The topological polar surface area (TPSA) is 122 Å². The Hall–Kier alpha value is -1.28. The molecule has 0 saturated heterocycles. The second-order valence-electron chi connectivity index (χ2n) is 6.47. The Bertz CT molecular complexity index is 448. The molecule has 25 heavy (non-hydrogen) atoms. The largest absolute Gasteiger partial charge is 0.480 e. The number of hydrogen-bond donors (Lipinski definition) is 4. The van der Waals surface area contributed by atoms with E-state index in [4.69, 9.17) is 5.73 Å². The minimum Gasteiger partial charge on any atom is -0.480 e. The van der Waals surface area contributed by atoms with Crippen molar-refractivity contribution < 1.29 is 19.5 Å². The molecular weight excluding hydrogens is 342 g/mol. The van der Waals surface area contributed by atoms with Gasteiger partial charge in [-0.1, -0.05) is 40.5 Å². The lowest BCUT2D eigenvalue weighted by Crippen LogP contribution is -2.57. The first-order valence-electron chi connectivity index (χ1n) is 8.77. The second kappa shape index (κ2) is 12.1. The Kier molecular flexibility index (Phi) is 11.5. The van der Waals surface area contributed by atoms with Crippen LogP contribution in [0.3, 0.4) is 0 Å². The molecule has 0 aliphatic carbocycles. The fourth-order valence-electron chi connectivity index (χ4n) is 2.26. The second-order valence-corrected chi connectivity index (χ2v) is 7.46. The molecular formula is C17H33N3O4S. The molecule has 0 aromatic rings. The molecule has 0 aromatic carbocycles. The van der Waals surface area contributed by atoms with Crippen LogP contribution in [0.2, 0.25) is 0 Å². The molecule has 0 aromatic heterocycles. The van der Waals surface area contributed by atoms with Crippen molar-refractivity contribution in [1.82, 2.24) is 10.6 Å². The predicted molar refractivity (Wildman–Crippen MR) is 101 cm³/mol. The van der Waals surface area contributed by atoms with Crippen LogP contribution in [-0.2, 0) is 14.4 Å². The van der Waals surface area contributed by atoms with Crippen LogP contribution in [0, 0.1) is 11.8 Å². The molecule has 0 radical (unpaired) electrons. The van der Waals surface area contributed by atoms with E-state index in [9.17, 15) is 19.5 Å². The highest BCUT2D eigenvalue weighted by molar-refractivity contribution is 7.98. The van der Waals surface area contributed by atoms with Crippen molar-refractivity contribution in [1.29, 1.82) is 0 Å². The molecule has 8 heteroatoms. The van der Waals surface area contributed by atoms with Crippen LogP contribution in [0.25, 0.3) is 0 Å². The summed E-state index contributed by atoms with van der Waals surface area (Å²) in [4.78, 5) is 36.3. The van der Waals surface area contributed by atoms with Crippen LogP contribution in [0.4, 0.5) is 0 Å². The van der Waals surface area contributed by atoms with Crippen LogP contribution in [0.1, 0.15) is 47.0 Å². The molecule has 5 atom stereocenters. The van der Waals surface area contributed by atoms with Crippen LogP contribution >= 0.6 is 11.8 Å². The Morgan fingerprint density at radius 1 is 1.00 bits per heavy atom.